The van der Waals surface area contributed by atoms with Crippen LogP contribution < -0.4 is 0 Å². The minimum Gasteiger partial charge on any atom is -0.282 e. The highest BCUT2D eigenvalue weighted by atomic mass is 79.9. The van der Waals surface area contributed by atoms with Gasteiger partial charge in [0.05, 0.1) is 17.1 Å². The molecule has 0 aliphatic carbocycles. The largest absolute Gasteiger partial charge is 0.282 e. The summed E-state index contributed by atoms with van der Waals surface area (Å²) in [5.41, 5.74) is 9.53. The highest BCUT2D eigenvalue weighted by molar-refractivity contribution is 8.93. The Morgan fingerprint density at radius 2 is 1.45 bits per heavy atom. The lowest BCUT2D eigenvalue weighted by Crippen LogP contribution is -1.93. The Bertz CT molecular complexity index is 1270. The van der Waals surface area contributed by atoms with Gasteiger partial charge in [-0.05, 0) is 19.4 Å². The molecule has 0 N–H and O–H groups in total. The molecule has 3 aromatic carbocycles. The molecule has 0 saturated carbocycles. The van der Waals surface area contributed by atoms with Crippen LogP contribution in [0.4, 0.5) is 0 Å². The van der Waals surface area contributed by atoms with Gasteiger partial charge in [0.15, 0.2) is 4.96 Å². The molecule has 0 atom stereocenters. The van der Waals surface area contributed by atoms with Crippen molar-refractivity contribution in [3.63, 3.8) is 0 Å². The fraction of sp³-hybridized carbons (Fsp3) is 0.0800. The van der Waals surface area contributed by atoms with Crippen LogP contribution in [0.15, 0.2) is 84.2 Å². The van der Waals surface area contributed by atoms with Crippen LogP contribution in [0.2, 0.25) is 0 Å². The quantitative estimate of drug-likeness (QED) is 0.271. The first kappa shape index (κ1) is 19.6. The molecule has 0 spiro atoms. The van der Waals surface area contributed by atoms with Crippen LogP contribution >= 0.6 is 28.3 Å². The summed E-state index contributed by atoms with van der Waals surface area (Å²) in [7, 11) is 0. The molecule has 0 bridgehead atoms. The Labute approximate surface area is 185 Å². The molecule has 0 saturated heterocycles. The number of benzene rings is 3. The lowest BCUT2D eigenvalue weighted by atomic mass is 10.0. The van der Waals surface area contributed by atoms with E-state index in [1.165, 1.54) is 27.9 Å². The van der Waals surface area contributed by atoms with E-state index in [0.29, 0.717) is 0 Å². The van der Waals surface area contributed by atoms with Crippen LogP contribution in [0.3, 0.4) is 0 Å². The first-order chi connectivity index (χ1) is 13.7. The molecule has 2 nitrogen and oxygen atoms in total. The maximum Gasteiger partial charge on any atom is 0.195 e. The van der Waals surface area contributed by atoms with Crippen molar-refractivity contribution < 1.29 is 0 Å². The number of halogens is 1. The number of thiazole rings is 1. The van der Waals surface area contributed by atoms with Crippen LogP contribution in [0.25, 0.3) is 38.7 Å². The SMILES string of the molecule is Br.Cc1ccc(-c2csc3nc(-c4ccccc4)c(-c4ccccc4)n23)c(C)c1. The zero-order valence-corrected chi connectivity index (χ0v) is 18.8. The number of fused-ring (bicyclic) bond motifs is 1. The summed E-state index contributed by atoms with van der Waals surface area (Å²) in [4.78, 5) is 6.06. The van der Waals surface area contributed by atoms with E-state index < -0.39 is 0 Å². The molecule has 5 aromatic rings. The van der Waals surface area contributed by atoms with Crippen LogP contribution in [0.5, 0.6) is 0 Å². The van der Waals surface area contributed by atoms with E-state index >= 15 is 0 Å². The Kier molecular flexibility index (Phi) is 5.39. The van der Waals surface area contributed by atoms with Gasteiger partial charge in [0.1, 0.15) is 0 Å². The fourth-order valence-electron chi connectivity index (χ4n) is 3.81. The van der Waals surface area contributed by atoms with Gasteiger partial charge >= 0.3 is 0 Å². The van der Waals surface area contributed by atoms with Crippen LogP contribution in [-0.2, 0) is 0 Å². The third kappa shape index (κ3) is 3.43. The maximum absolute atomic E-state index is 5.03. The third-order valence-electron chi connectivity index (χ3n) is 5.12. The van der Waals surface area contributed by atoms with Gasteiger partial charge in [0.2, 0.25) is 0 Å². The lowest BCUT2D eigenvalue weighted by Gasteiger charge is -2.10. The number of hydrogen-bond donors (Lipinski definition) is 0. The summed E-state index contributed by atoms with van der Waals surface area (Å²) in [6.45, 7) is 4.32. The first-order valence-corrected chi connectivity index (χ1v) is 10.3. The van der Waals surface area contributed by atoms with Gasteiger partial charge in [-0.3, -0.25) is 4.40 Å². The second-order valence-electron chi connectivity index (χ2n) is 7.10. The van der Waals surface area contributed by atoms with Crippen molar-refractivity contribution in [1.29, 1.82) is 0 Å². The van der Waals surface area contributed by atoms with E-state index in [1.54, 1.807) is 11.3 Å². The van der Waals surface area contributed by atoms with Gasteiger partial charge in [-0.2, -0.15) is 0 Å². The average Bonchev–Trinajstić information content (AvgIpc) is 3.29. The molecular weight excluding hydrogens is 440 g/mol. The molecule has 2 heterocycles. The Morgan fingerprint density at radius 3 is 2.10 bits per heavy atom. The molecule has 0 aliphatic heterocycles. The minimum absolute atomic E-state index is 0. The molecule has 0 aliphatic rings. The molecule has 0 amide bonds. The smallest absolute Gasteiger partial charge is 0.195 e. The van der Waals surface area contributed by atoms with Gasteiger partial charge in [0.25, 0.3) is 0 Å². The van der Waals surface area contributed by atoms with Crippen molar-refractivity contribution in [3.8, 4) is 33.8 Å². The van der Waals surface area contributed by atoms with Crippen LogP contribution in [-0.4, -0.2) is 9.38 Å². The Morgan fingerprint density at radius 1 is 0.793 bits per heavy atom. The molecule has 0 unspecified atom stereocenters. The number of imidazole rings is 1. The summed E-state index contributed by atoms with van der Waals surface area (Å²) < 4.78 is 2.32. The third-order valence-corrected chi connectivity index (χ3v) is 5.94. The van der Waals surface area contributed by atoms with E-state index in [0.717, 1.165) is 21.9 Å². The van der Waals surface area contributed by atoms with Gasteiger partial charge in [-0.25, -0.2) is 4.98 Å². The van der Waals surface area contributed by atoms with E-state index in [2.05, 4.69) is 96.4 Å². The second kappa shape index (κ2) is 7.97. The molecule has 0 radical (unpaired) electrons. The number of nitrogens with zero attached hydrogens (tertiary/aromatic N) is 2. The standard InChI is InChI=1S/C25H20N2S.BrH/c1-17-13-14-21(18(2)15-17)22-16-28-25-26-23(19-9-5-3-6-10-19)24(27(22)25)20-11-7-4-8-12-20;/h3-16H,1-2H3;1H. The normalized spacial score (nSPS) is 10.8. The van der Waals surface area contributed by atoms with E-state index in [4.69, 9.17) is 4.98 Å². The monoisotopic (exact) mass is 460 g/mol. The summed E-state index contributed by atoms with van der Waals surface area (Å²) in [5, 5.41) is 2.22. The molecule has 4 heteroatoms. The van der Waals surface area contributed by atoms with Crippen LogP contribution in [0.1, 0.15) is 11.1 Å². The fourth-order valence-corrected chi connectivity index (χ4v) is 4.70. The summed E-state index contributed by atoms with van der Waals surface area (Å²) in [6, 6.07) is 27.7. The van der Waals surface area contributed by atoms with E-state index in [-0.39, 0.29) is 17.0 Å². The van der Waals surface area contributed by atoms with Gasteiger partial charge in [0, 0.05) is 22.1 Å². The summed E-state index contributed by atoms with van der Waals surface area (Å²) >= 11 is 1.70. The molecular formula is C25H21BrN2S. The number of aromatic nitrogens is 2. The summed E-state index contributed by atoms with van der Waals surface area (Å²) in [6.07, 6.45) is 0. The minimum atomic E-state index is 0. The van der Waals surface area contributed by atoms with Crippen molar-refractivity contribution in [2.75, 3.05) is 0 Å². The van der Waals surface area contributed by atoms with Gasteiger partial charge < -0.3 is 0 Å². The zero-order chi connectivity index (χ0) is 19.1. The topological polar surface area (TPSA) is 17.3 Å². The number of rotatable bonds is 3. The first-order valence-electron chi connectivity index (χ1n) is 9.41. The van der Waals surface area contributed by atoms with Gasteiger partial charge in [-0.1, -0.05) is 84.4 Å². The number of hydrogen-bond acceptors (Lipinski definition) is 2. The predicted octanol–water partition coefficient (Wildman–Crippen LogP) is 7.59. The van der Waals surface area contributed by atoms with Crippen molar-refractivity contribution in [1.82, 2.24) is 9.38 Å². The Hall–Kier alpha value is -2.69. The highest BCUT2D eigenvalue weighted by Gasteiger charge is 2.20. The molecule has 0 fully saturated rings. The van der Waals surface area contributed by atoms with Crippen molar-refractivity contribution >= 4 is 33.3 Å². The summed E-state index contributed by atoms with van der Waals surface area (Å²) in [5.74, 6) is 0. The molecule has 29 heavy (non-hydrogen) atoms. The molecule has 2 aromatic heterocycles. The molecule has 144 valence electrons. The van der Waals surface area contributed by atoms with Crippen molar-refractivity contribution in [2.45, 2.75) is 13.8 Å². The van der Waals surface area contributed by atoms with Crippen LogP contribution in [0, 0.1) is 13.8 Å². The maximum atomic E-state index is 5.03. The van der Waals surface area contributed by atoms with Gasteiger partial charge in [-0.15, -0.1) is 28.3 Å². The van der Waals surface area contributed by atoms with Crippen molar-refractivity contribution in [2.24, 2.45) is 0 Å². The number of aryl methyl sites for hydroxylation is 2. The van der Waals surface area contributed by atoms with Crippen molar-refractivity contribution in [3.05, 3.63) is 95.4 Å². The lowest BCUT2D eigenvalue weighted by molar-refractivity contribution is 1.22. The Balaban J connectivity index is 0.00000205. The van der Waals surface area contributed by atoms with E-state index in [1.807, 2.05) is 6.07 Å². The zero-order valence-electron chi connectivity index (χ0n) is 16.3. The molecule has 5 rings (SSSR count). The second-order valence-corrected chi connectivity index (χ2v) is 7.93. The highest BCUT2D eigenvalue weighted by Crippen LogP contribution is 2.39. The average molecular weight is 461 g/mol. The van der Waals surface area contributed by atoms with E-state index in [9.17, 15) is 0 Å². The predicted molar refractivity (Wildman–Crippen MR) is 129 cm³/mol.